The minimum Gasteiger partial charge on any atom is -0.489 e. The summed E-state index contributed by atoms with van der Waals surface area (Å²) in [5, 5.41) is 3.45. The van der Waals surface area contributed by atoms with Gasteiger partial charge in [-0.15, -0.1) is 11.3 Å². The molecule has 2 rings (SSSR count). The first-order chi connectivity index (χ1) is 9.54. The highest BCUT2D eigenvalue weighted by molar-refractivity contribution is 9.10. The van der Waals surface area contributed by atoms with Crippen molar-refractivity contribution in [1.29, 1.82) is 0 Å². The summed E-state index contributed by atoms with van der Waals surface area (Å²) >= 11 is 5.30. The van der Waals surface area contributed by atoms with Crippen LogP contribution in [0.15, 0.2) is 34.8 Å². The van der Waals surface area contributed by atoms with Gasteiger partial charge in [-0.05, 0) is 31.2 Å². The molecule has 0 atom stereocenters. The molecule has 1 aromatic carbocycles. The van der Waals surface area contributed by atoms with Crippen molar-refractivity contribution in [3.63, 3.8) is 0 Å². The first-order valence-corrected chi connectivity index (χ1v) is 8.35. The zero-order chi connectivity index (χ0) is 14.5. The van der Waals surface area contributed by atoms with Crippen molar-refractivity contribution in [2.24, 2.45) is 0 Å². The lowest BCUT2D eigenvalue weighted by atomic mass is 10.2. The van der Waals surface area contributed by atoms with Crippen LogP contribution >= 0.6 is 27.3 Å². The monoisotopic (exact) mass is 353 g/mol. The quantitative estimate of drug-likeness (QED) is 0.797. The van der Waals surface area contributed by atoms with Gasteiger partial charge in [-0.25, -0.2) is 0 Å². The van der Waals surface area contributed by atoms with Crippen molar-refractivity contribution in [2.45, 2.75) is 40.0 Å². The molecule has 0 aliphatic rings. The maximum Gasteiger partial charge on any atom is 0.120 e. The molecule has 4 heteroatoms. The van der Waals surface area contributed by atoms with Gasteiger partial charge in [0.2, 0.25) is 0 Å². The summed E-state index contributed by atoms with van der Waals surface area (Å²) in [6.07, 6.45) is 0. The van der Waals surface area contributed by atoms with Gasteiger partial charge in [0.25, 0.3) is 0 Å². The fourth-order valence-corrected chi connectivity index (χ4v) is 3.22. The van der Waals surface area contributed by atoms with E-state index in [1.165, 1.54) is 15.3 Å². The summed E-state index contributed by atoms with van der Waals surface area (Å²) in [6, 6.07) is 10.7. The molecule has 2 aromatic rings. The van der Waals surface area contributed by atoms with Crippen LogP contribution in [0.25, 0.3) is 0 Å². The molecule has 0 aliphatic heterocycles. The molecule has 0 aliphatic carbocycles. The topological polar surface area (TPSA) is 21.3 Å². The molecule has 108 valence electrons. The van der Waals surface area contributed by atoms with Crippen LogP contribution in [0.3, 0.4) is 0 Å². The predicted octanol–water partition coefficient (Wildman–Crippen LogP) is 4.90. The molecule has 0 radical (unpaired) electrons. The maximum atomic E-state index is 5.85. The van der Waals surface area contributed by atoms with Crippen LogP contribution in [0.5, 0.6) is 5.75 Å². The lowest BCUT2D eigenvalue weighted by Crippen LogP contribution is -2.21. The van der Waals surface area contributed by atoms with Crippen LogP contribution in [0, 0.1) is 6.92 Å². The maximum absolute atomic E-state index is 5.85. The Hall–Kier alpha value is -0.840. The lowest BCUT2D eigenvalue weighted by Gasteiger charge is -2.06. The van der Waals surface area contributed by atoms with Crippen molar-refractivity contribution < 1.29 is 4.74 Å². The molecule has 2 nitrogen and oxygen atoms in total. The SMILES string of the molecule is Cc1sc(CNC(C)C)cc1COc1cccc(Br)c1. The second-order valence-electron chi connectivity index (χ2n) is 5.08. The average molecular weight is 354 g/mol. The molecule has 0 saturated heterocycles. The Morgan fingerprint density at radius 3 is 2.80 bits per heavy atom. The van der Waals surface area contributed by atoms with Crippen LogP contribution in [-0.2, 0) is 13.2 Å². The zero-order valence-electron chi connectivity index (χ0n) is 12.1. The Morgan fingerprint density at radius 1 is 1.30 bits per heavy atom. The van der Waals surface area contributed by atoms with Gasteiger partial charge in [-0.3, -0.25) is 0 Å². The van der Waals surface area contributed by atoms with Crippen molar-refractivity contribution in [3.05, 3.63) is 50.1 Å². The van der Waals surface area contributed by atoms with Crippen LogP contribution in [-0.4, -0.2) is 6.04 Å². The van der Waals surface area contributed by atoms with E-state index < -0.39 is 0 Å². The molecule has 0 spiro atoms. The van der Waals surface area contributed by atoms with Gasteiger partial charge in [0, 0.05) is 32.4 Å². The predicted molar refractivity (Wildman–Crippen MR) is 89.5 cm³/mol. The lowest BCUT2D eigenvalue weighted by molar-refractivity contribution is 0.306. The van der Waals surface area contributed by atoms with Crippen LogP contribution in [0.2, 0.25) is 0 Å². The number of halogens is 1. The highest BCUT2D eigenvalue weighted by Crippen LogP contribution is 2.24. The van der Waals surface area contributed by atoms with Gasteiger partial charge in [0.05, 0.1) is 0 Å². The van der Waals surface area contributed by atoms with Gasteiger partial charge in [0.1, 0.15) is 12.4 Å². The molecular formula is C16H20BrNOS. The summed E-state index contributed by atoms with van der Waals surface area (Å²) in [7, 11) is 0. The molecular weight excluding hydrogens is 334 g/mol. The van der Waals surface area contributed by atoms with Crippen LogP contribution in [0.1, 0.15) is 29.2 Å². The van der Waals surface area contributed by atoms with Crippen molar-refractivity contribution in [1.82, 2.24) is 5.32 Å². The van der Waals surface area contributed by atoms with Gasteiger partial charge >= 0.3 is 0 Å². The molecule has 0 unspecified atom stereocenters. The van der Waals surface area contributed by atoms with Gasteiger partial charge in [0.15, 0.2) is 0 Å². The minimum atomic E-state index is 0.513. The molecule has 1 aromatic heterocycles. The molecule has 0 bridgehead atoms. The fourth-order valence-electron chi connectivity index (χ4n) is 1.84. The minimum absolute atomic E-state index is 0.513. The largest absolute Gasteiger partial charge is 0.489 e. The number of hydrogen-bond donors (Lipinski definition) is 1. The molecule has 0 fully saturated rings. The van der Waals surface area contributed by atoms with Gasteiger partial charge in [-0.1, -0.05) is 35.8 Å². The Morgan fingerprint density at radius 2 is 2.10 bits per heavy atom. The zero-order valence-corrected chi connectivity index (χ0v) is 14.5. The fraction of sp³-hybridized carbons (Fsp3) is 0.375. The number of aryl methyl sites for hydroxylation is 1. The van der Waals surface area contributed by atoms with E-state index in [4.69, 9.17) is 4.74 Å². The van der Waals surface area contributed by atoms with E-state index >= 15 is 0 Å². The van der Waals surface area contributed by atoms with E-state index in [0.29, 0.717) is 12.6 Å². The summed E-state index contributed by atoms with van der Waals surface area (Å²) in [4.78, 5) is 2.70. The van der Waals surface area contributed by atoms with Crippen molar-refractivity contribution >= 4 is 27.3 Å². The third-order valence-corrected chi connectivity index (χ3v) is 4.53. The van der Waals surface area contributed by atoms with Crippen LogP contribution in [0.4, 0.5) is 0 Å². The summed E-state index contributed by atoms with van der Waals surface area (Å²) in [5.41, 5.74) is 1.27. The number of benzene rings is 1. The molecule has 0 saturated carbocycles. The van der Waals surface area contributed by atoms with Crippen LogP contribution < -0.4 is 10.1 Å². The van der Waals surface area contributed by atoms with E-state index in [1.807, 2.05) is 35.6 Å². The summed E-state index contributed by atoms with van der Waals surface area (Å²) < 4.78 is 6.89. The first kappa shape index (κ1) is 15.5. The normalized spacial score (nSPS) is 11.1. The second kappa shape index (κ2) is 7.25. The Balaban J connectivity index is 1.96. The van der Waals surface area contributed by atoms with Gasteiger partial charge < -0.3 is 10.1 Å². The van der Waals surface area contributed by atoms with Crippen molar-refractivity contribution in [2.75, 3.05) is 0 Å². The Kier molecular flexibility index (Phi) is 5.64. The number of hydrogen-bond acceptors (Lipinski definition) is 3. The smallest absolute Gasteiger partial charge is 0.120 e. The standard InChI is InChI=1S/C16H20BrNOS/c1-11(2)18-9-16-7-13(12(3)20-16)10-19-15-6-4-5-14(17)8-15/h4-8,11,18H,9-10H2,1-3H3. The van der Waals surface area contributed by atoms with Crippen molar-refractivity contribution in [3.8, 4) is 5.75 Å². The molecule has 20 heavy (non-hydrogen) atoms. The summed E-state index contributed by atoms with van der Waals surface area (Å²) in [6.45, 7) is 8.04. The molecule has 0 amide bonds. The Labute approximate surface area is 133 Å². The summed E-state index contributed by atoms with van der Waals surface area (Å²) in [5.74, 6) is 0.895. The number of rotatable bonds is 6. The third kappa shape index (κ3) is 4.62. The van der Waals surface area contributed by atoms with Gasteiger partial charge in [-0.2, -0.15) is 0 Å². The molecule has 1 N–H and O–H groups in total. The van der Waals surface area contributed by atoms with E-state index in [2.05, 4.69) is 48.1 Å². The number of nitrogens with one attached hydrogen (secondary N) is 1. The first-order valence-electron chi connectivity index (χ1n) is 6.74. The third-order valence-electron chi connectivity index (χ3n) is 2.95. The highest BCUT2D eigenvalue weighted by Gasteiger charge is 2.07. The average Bonchev–Trinajstić information content (AvgIpc) is 2.75. The number of ether oxygens (including phenoxy) is 1. The van der Waals surface area contributed by atoms with E-state index in [1.54, 1.807) is 0 Å². The number of thiophene rings is 1. The Bertz CT molecular complexity index is 565. The highest BCUT2D eigenvalue weighted by atomic mass is 79.9. The van der Waals surface area contributed by atoms with E-state index in [-0.39, 0.29) is 0 Å². The second-order valence-corrected chi connectivity index (χ2v) is 7.33. The molecule has 1 heterocycles. The van der Waals surface area contributed by atoms with E-state index in [9.17, 15) is 0 Å². The van der Waals surface area contributed by atoms with E-state index in [0.717, 1.165) is 16.8 Å².